The number of ether oxygens (including phenoxy) is 2. The second-order valence-electron chi connectivity index (χ2n) is 4.58. The van der Waals surface area contributed by atoms with Gasteiger partial charge in [-0.3, -0.25) is 9.78 Å². The van der Waals surface area contributed by atoms with Crippen LogP contribution < -0.4 is 16.0 Å². The van der Waals surface area contributed by atoms with Gasteiger partial charge in [0.1, 0.15) is 6.10 Å². The lowest BCUT2D eigenvalue weighted by Gasteiger charge is -2.22. The largest absolute Gasteiger partial charge is 0.461 e. The Hall–Kier alpha value is -2.08. The lowest BCUT2D eigenvalue weighted by atomic mass is 10.2. The Labute approximate surface area is 109 Å². The second-order valence-corrected chi connectivity index (χ2v) is 4.58. The molecule has 1 fully saturated rings. The summed E-state index contributed by atoms with van der Waals surface area (Å²) in [6.45, 7) is 1.36. The Bertz CT molecular complexity index is 647. The van der Waals surface area contributed by atoms with E-state index in [1.807, 2.05) is 0 Å². The number of rotatable bonds is 2. The molecule has 0 bridgehead atoms. The summed E-state index contributed by atoms with van der Waals surface area (Å²) in [4.78, 5) is 18.9. The molecule has 0 saturated carbocycles. The molecule has 3 rings (SSSR count). The molecule has 1 aromatic carbocycles. The van der Waals surface area contributed by atoms with Crippen molar-refractivity contribution in [3.8, 4) is 6.01 Å². The van der Waals surface area contributed by atoms with E-state index < -0.39 is 0 Å². The van der Waals surface area contributed by atoms with E-state index in [2.05, 4.69) is 9.97 Å². The number of benzene rings is 1. The fourth-order valence-corrected chi connectivity index (χ4v) is 2.14. The molecule has 0 unspecified atom stereocenters. The number of nitrogen functional groups attached to an aromatic ring is 1. The number of H-pyrrole nitrogens is 1. The molecule has 6 heteroatoms. The van der Waals surface area contributed by atoms with Crippen LogP contribution in [-0.4, -0.2) is 29.3 Å². The van der Waals surface area contributed by atoms with Crippen molar-refractivity contribution in [3.63, 3.8) is 0 Å². The van der Waals surface area contributed by atoms with Crippen LogP contribution in [0.4, 0.5) is 5.69 Å². The van der Waals surface area contributed by atoms with Crippen molar-refractivity contribution in [2.45, 2.75) is 18.9 Å². The molecule has 0 atom stereocenters. The van der Waals surface area contributed by atoms with Gasteiger partial charge in [-0.25, -0.2) is 0 Å². The van der Waals surface area contributed by atoms with Gasteiger partial charge in [0.15, 0.2) is 0 Å². The summed E-state index contributed by atoms with van der Waals surface area (Å²) >= 11 is 0. The number of anilines is 1. The third-order valence-electron chi connectivity index (χ3n) is 3.15. The fraction of sp³-hybridized carbons (Fsp3) is 0.385. The van der Waals surface area contributed by atoms with E-state index in [0.29, 0.717) is 29.8 Å². The molecule has 0 spiro atoms. The van der Waals surface area contributed by atoms with Crippen molar-refractivity contribution in [1.29, 1.82) is 0 Å². The third kappa shape index (κ3) is 2.53. The number of hydrogen-bond donors (Lipinski definition) is 2. The summed E-state index contributed by atoms with van der Waals surface area (Å²) in [5.74, 6) is 0. The molecule has 0 aliphatic carbocycles. The van der Waals surface area contributed by atoms with Crippen LogP contribution in [0.5, 0.6) is 6.01 Å². The molecule has 1 aliphatic rings. The maximum absolute atomic E-state index is 11.9. The molecule has 100 valence electrons. The van der Waals surface area contributed by atoms with Crippen LogP contribution in [0.15, 0.2) is 23.0 Å². The van der Waals surface area contributed by atoms with Crippen molar-refractivity contribution in [2.75, 3.05) is 18.9 Å². The van der Waals surface area contributed by atoms with Gasteiger partial charge in [0.05, 0.1) is 24.1 Å². The molecular formula is C13H15N3O3. The van der Waals surface area contributed by atoms with Gasteiger partial charge in [-0.1, -0.05) is 0 Å². The maximum Gasteiger partial charge on any atom is 0.297 e. The van der Waals surface area contributed by atoms with Crippen molar-refractivity contribution < 1.29 is 9.47 Å². The summed E-state index contributed by atoms with van der Waals surface area (Å²) < 4.78 is 11.0. The lowest BCUT2D eigenvalue weighted by molar-refractivity contribution is 0.0218. The number of aromatic amines is 1. The van der Waals surface area contributed by atoms with E-state index in [0.717, 1.165) is 12.8 Å². The number of fused-ring (bicyclic) bond motifs is 1. The molecular weight excluding hydrogens is 246 g/mol. The molecule has 3 N–H and O–H groups in total. The minimum absolute atomic E-state index is 0.0446. The van der Waals surface area contributed by atoms with Gasteiger partial charge in [0.25, 0.3) is 11.6 Å². The van der Waals surface area contributed by atoms with Crippen molar-refractivity contribution in [2.24, 2.45) is 0 Å². The highest BCUT2D eigenvalue weighted by Crippen LogP contribution is 2.17. The van der Waals surface area contributed by atoms with Crippen molar-refractivity contribution in [1.82, 2.24) is 9.97 Å². The van der Waals surface area contributed by atoms with Crippen LogP contribution in [0.3, 0.4) is 0 Å². The Morgan fingerprint density at radius 2 is 2.16 bits per heavy atom. The molecule has 1 aromatic heterocycles. The number of nitrogens with two attached hydrogens (primary N) is 1. The summed E-state index contributed by atoms with van der Waals surface area (Å²) in [5, 5.41) is 0.472. The van der Waals surface area contributed by atoms with Crippen molar-refractivity contribution >= 4 is 16.6 Å². The first kappa shape index (κ1) is 12.0. The molecule has 0 amide bonds. The number of aromatic nitrogens is 2. The van der Waals surface area contributed by atoms with Crippen LogP contribution in [0.25, 0.3) is 10.9 Å². The smallest absolute Gasteiger partial charge is 0.297 e. The zero-order chi connectivity index (χ0) is 13.2. The predicted octanol–water partition coefficient (Wildman–Crippen LogP) is 1.06. The number of nitrogens with zero attached hydrogens (tertiary/aromatic N) is 1. The molecule has 1 saturated heterocycles. The van der Waals surface area contributed by atoms with Crippen molar-refractivity contribution in [3.05, 3.63) is 28.6 Å². The maximum atomic E-state index is 11.9. The first-order chi connectivity index (χ1) is 9.22. The normalized spacial score (nSPS) is 16.6. The Morgan fingerprint density at radius 1 is 1.37 bits per heavy atom. The highest BCUT2D eigenvalue weighted by atomic mass is 16.5. The minimum atomic E-state index is -0.237. The van der Waals surface area contributed by atoms with E-state index >= 15 is 0 Å². The summed E-state index contributed by atoms with van der Waals surface area (Å²) in [6.07, 6.45) is 1.66. The van der Waals surface area contributed by atoms with Crippen LogP contribution in [0.1, 0.15) is 12.8 Å². The zero-order valence-corrected chi connectivity index (χ0v) is 10.4. The molecule has 2 heterocycles. The topological polar surface area (TPSA) is 90.2 Å². The van der Waals surface area contributed by atoms with Gasteiger partial charge in [-0.2, -0.15) is 4.98 Å². The lowest BCUT2D eigenvalue weighted by Crippen LogP contribution is -2.27. The Balaban J connectivity index is 1.92. The fourth-order valence-electron chi connectivity index (χ4n) is 2.14. The standard InChI is InChI=1S/C13H15N3O3/c14-8-1-2-11-10(7-8)12(17)16-13(15-11)19-9-3-5-18-6-4-9/h1-2,7,9H,3-6,14H2,(H,15,16,17). The number of nitrogens with one attached hydrogen (secondary N) is 1. The van der Waals surface area contributed by atoms with Crippen LogP contribution in [0.2, 0.25) is 0 Å². The SMILES string of the molecule is Nc1ccc2nc(OC3CCOCC3)[nH]c(=O)c2c1. The van der Waals surface area contributed by atoms with E-state index in [9.17, 15) is 4.79 Å². The average Bonchev–Trinajstić information content (AvgIpc) is 2.41. The highest BCUT2D eigenvalue weighted by molar-refractivity contribution is 5.81. The quantitative estimate of drug-likeness (QED) is 0.789. The van der Waals surface area contributed by atoms with Gasteiger partial charge in [0, 0.05) is 18.5 Å². The van der Waals surface area contributed by atoms with Gasteiger partial charge < -0.3 is 15.2 Å². The van der Waals surface area contributed by atoms with Gasteiger partial charge in [-0.05, 0) is 18.2 Å². The summed E-state index contributed by atoms with van der Waals surface area (Å²) in [7, 11) is 0. The summed E-state index contributed by atoms with van der Waals surface area (Å²) in [6, 6.07) is 5.30. The molecule has 2 aromatic rings. The monoisotopic (exact) mass is 261 g/mol. The highest BCUT2D eigenvalue weighted by Gasteiger charge is 2.16. The molecule has 0 radical (unpaired) electrons. The number of hydrogen-bond acceptors (Lipinski definition) is 5. The summed E-state index contributed by atoms with van der Waals surface area (Å²) in [5.41, 5.74) is 6.54. The molecule has 1 aliphatic heterocycles. The molecule has 19 heavy (non-hydrogen) atoms. The second kappa shape index (κ2) is 4.89. The zero-order valence-electron chi connectivity index (χ0n) is 10.4. The Morgan fingerprint density at radius 3 is 2.95 bits per heavy atom. The van der Waals surface area contributed by atoms with E-state index in [1.165, 1.54) is 0 Å². The molecule has 6 nitrogen and oxygen atoms in total. The first-order valence-electron chi connectivity index (χ1n) is 6.26. The predicted molar refractivity (Wildman–Crippen MR) is 71.2 cm³/mol. The van der Waals surface area contributed by atoms with Gasteiger partial charge in [0.2, 0.25) is 0 Å². The van der Waals surface area contributed by atoms with E-state index in [1.54, 1.807) is 18.2 Å². The average molecular weight is 261 g/mol. The Kier molecular flexibility index (Phi) is 3.08. The van der Waals surface area contributed by atoms with Crippen LogP contribution in [0, 0.1) is 0 Å². The van der Waals surface area contributed by atoms with Crippen LogP contribution >= 0.6 is 0 Å². The minimum Gasteiger partial charge on any atom is -0.461 e. The first-order valence-corrected chi connectivity index (χ1v) is 6.26. The van der Waals surface area contributed by atoms with Gasteiger partial charge in [-0.15, -0.1) is 0 Å². The van der Waals surface area contributed by atoms with Gasteiger partial charge >= 0.3 is 0 Å². The third-order valence-corrected chi connectivity index (χ3v) is 3.15. The van der Waals surface area contributed by atoms with E-state index in [4.69, 9.17) is 15.2 Å². The van der Waals surface area contributed by atoms with E-state index in [-0.39, 0.29) is 17.7 Å². The van der Waals surface area contributed by atoms with Crippen LogP contribution in [-0.2, 0) is 4.74 Å².